The molecular weight excluding hydrogens is 592 g/mol. The van der Waals surface area contributed by atoms with Gasteiger partial charge in [-0.15, -0.1) is 0 Å². The van der Waals surface area contributed by atoms with E-state index in [1.165, 1.54) is 0 Å². The third-order valence-corrected chi connectivity index (χ3v) is 9.74. The van der Waals surface area contributed by atoms with Gasteiger partial charge < -0.3 is 24.6 Å². The van der Waals surface area contributed by atoms with Gasteiger partial charge in [-0.1, -0.05) is 17.7 Å². The Morgan fingerprint density at radius 3 is 2.62 bits per heavy atom. The third-order valence-electron chi connectivity index (χ3n) is 9.46. The van der Waals surface area contributed by atoms with Crippen molar-refractivity contribution in [2.24, 2.45) is 7.05 Å². The van der Waals surface area contributed by atoms with Crippen LogP contribution in [0.4, 0.5) is 28.8 Å². The molecule has 12 heteroatoms. The number of aromatic nitrogens is 3. The van der Waals surface area contributed by atoms with E-state index in [0.29, 0.717) is 36.1 Å². The van der Waals surface area contributed by atoms with Crippen molar-refractivity contribution in [3.63, 3.8) is 0 Å². The van der Waals surface area contributed by atoms with E-state index in [0.717, 1.165) is 65.0 Å². The van der Waals surface area contributed by atoms with E-state index in [2.05, 4.69) is 48.2 Å². The summed E-state index contributed by atoms with van der Waals surface area (Å²) in [7, 11) is 5.82. The minimum atomic E-state index is -0.310. The van der Waals surface area contributed by atoms with Crippen LogP contribution in [0.3, 0.4) is 0 Å². The molecule has 3 aliphatic rings. The fourth-order valence-corrected chi connectivity index (χ4v) is 6.98. The Kier molecular flexibility index (Phi) is 7.35. The molecule has 5 heterocycles. The summed E-state index contributed by atoms with van der Waals surface area (Å²) in [5.74, 6) is 0.483. The predicted octanol–water partition coefficient (Wildman–Crippen LogP) is 4.51. The van der Waals surface area contributed by atoms with Crippen LogP contribution in [-0.4, -0.2) is 65.5 Å². The first kappa shape index (κ1) is 29.1. The van der Waals surface area contributed by atoms with E-state index in [1.807, 2.05) is 38.5 Å². The topological polar surface area (TPSA) is 116 Å². The van der Waals surface area contributed by atoms with Gasteiger partial charge in [0.2, 0.25) is 23.7 Å². The second-order valence-corrected chi connectivity index (χ2v) is 12.6. The number of rotatable bonds is 6. The number of benzene rings is 2. The molecule has 0 saturated carbocycles. The molecule has 1 atom stereocenters. The van der Waals surface area contributed by atoms with Gasteiger partial charge in [-0.25, -0.2) is 4.98 Å². The number of amides is 3. The minimum absolute atomic E-state index is 0.0802. The summed E-state index contributed by atoms with van der Waals surface area (Å²) in [5.41, 5.74) is 5.91. The maximum atomic E-state index is 12.6. The molecule has 2 aromatic heterocycles. The number of likely N-dealkylation sites (N-methyl/N-ethyl adjacent to an activating group) is 1. The lowest BCUT2D eigenvalue weighted by Gasteiger charge is -2.38. The van der Waals surface area contributed by atoms with E-state index < -0.39 is 0 Å². The van der Waals surface area contributed by atoms with Gasteiger partial charge in [0.25, 0.3) is 0 Å². The molecule has 3 amide bonds. The fraction of sp³-hybridized carbons (Fsp3) is 0.364. The normalized spacial score (nSPS) is 18.8. The highest BCUT2D eigenvalue weighted by atomic mass is 35.5. The van der Waals surface area contributed by atoms with Gasteiger partial charge in [-0.05, 0) is 60.7 Å². The van der Waals surface area contributed by atoms with Crippen LogP contribution in [0.2, 0.25) is 5.02 Å². The first-order valence-corrected chi connectivity index (χ1v) is 15.6. The van der Waals surface area contributed by atoms with Crippen LogP contribution >= 0.6 is 11.6 Å². The van der Waals surface area contributed by atoms with Crippen LogP contribution < -0.4 is 25.3 Å². The molecule has 2 N–H and O–H groups in total. The number of nitrogens with one attached hydrogen (secondary N) is 2. The Morgan fingerprint density at radius 2 is 1.84 bits per heavy atom. The van der Waals surface area contributed by atoms with Gasteiger partial charge in [-0.3, -0.25) is 19.7 Å². The maximum Gasteiger partial charge on any atom is 0.234 e. The average Bonchev–Trinajstić information content (AvgIpc) is 3.51. The van der Waals surface area contributed by atoms with E-state index in [4.69, 9.17) is 16.6 Å². The lowest BCUT2D eigenvalue weighted by Crippen LogP contribution is -2.44. The zero-order chi connectivity index (χ0) is 31.4. The highest BCUT2D eigenvalue weighted by Gasteiger charge is 2.31. The molecule has 2 aromatic carbocycles. The summed E-state index contributed by atoms with van der Waals surface area (Å²) in [6.45, 7) is 1.76. The van der Waals surface area contributed by atoms with Gasteiger partial charge in [-0.2, -0.15) is 4.98 Å². The molecule has 1 unspecified atom stereocenters. The highest BCUT2D eigenvalue weighted by Crippen LogP contribution is 2.36. The Labute approximate surface area is 266 Å². The molecule has 0 radical (unpaired) electrons. The number of nitrogens with zero attached hydrogens (tertiary/aromatic N) is 6. The van der Waals surface area contributed by atoms with E-state index in [-0.39, 0.29) is 29.7 Å². The van der Waals surface area contributed by atoms with Crippen molar-refractivity contribution in [1.29, 1.82) is 0 Å². The Hall–Kier alpha value is -4.64. The molecule has 0 bridgehead atoms. The molecular formula is C33H35ClN8O3. The quantitative estimate of drug-likeness (QED) is 0.301. The van der Waals surface area contributed by atoms with Crippen LogP contribution in [0.1, 0.15) is 42.7 Å². The highest BCUT2D eigenvalue weighted by molar-refractivity contribution is 6.33. The Balaban J connectivity index is 1.02. The summed E-state index contributed by atoms with van der Waals surface area (Å²) in [6.07, 6.45) is 6.80. The number of imide groups is 1. The number of halogens is 1. The summed E-state index contributed by atoms with van der Waals surface area (Å²) < 4.78 is 2.07. The van der Waals surface area contributed by atoms with Crippen LogP contribution in [0.15, 0.2) is 48.8 Å². The molecule has 7 rings (SSSR count). The molecule has 11 nitrogen and oxygen atoms in total. The minimum Gasteiger partial charge on any atom is -0.371 e. The van der Waals surface area contributed by atoms with Gasteiger partial charge in [0.05, 0.1) is 24.1 Å². The number of hydrogen-bond acceptors (Lipinski definition) is 8. The predicted molar refractivity (Wildman–Crippen MR) is 176 cm³/mol. The number of hydrogen-bond donors (Lipinski definition) is 2. The summed E-state index contributed by atoms with van der Waals surface area (Å²) >= 11 is 6.49. The van der Waals surface area contributed by atoms with E-state index in [9.17, 15) is 14.4 Å². The fourth-order valence-electron chi connectivity index (χ4n) is 6.84. The first-order valence-electron chi connectivity index (χ1n) is 15.3. The van der Waals surface area contributed by atoms with Crippen molar-refractivity contribution in [1.82, 2.24) is 19.9 Å². The van der Waals surface area contributed by atoms with Gasteiger partial charge in [0.1, 0.15) is 5.02 Å². The van der Waals surface area contributed by atoms with Crippen LogP contribution in [0.5, 0.6) is 0 Å². The second kappa shape index (κ2) is 11.4. The number of anilines is 5. The van der Waals surface area contributed by atoms with Crippen molar-refractivity contribution in [3.8, 4) is 0 Å². The largest absolute Gasteiger partial charge is 0.371 e. The smallest absolute Gasteiger partial charge is 0.234 e. The maximum absolute atomic E-state index is 12.6. The second-order valence-electron chi connectivity index (χ2n) is 12.2. The number of piperidine rings is 2. The molecule has 2 fully saturated rings. The third kappa shape index (κ3) is 5.35. The van der Waals surface area contributed by atoms with Gasteiger partial charge in [0, 0.05) is 75.3 Å². The van der Waals surface area contributed by atoms with Crippen molar-refractivity contribution in [3.05, 3.63) is 64.9 Å². The number of carbonyl (C=O) groups excluding carboxylic acids is 3. The van der Waals surface area contributed by atoms with Crippen molar-refractivity contribution < 1.29 is 14.4 Å². The lowest BCUT2D eigenvalue weighted by atomic mass is 9.90. The Bertz CT molecular complexity index is 1850. The van der Waals surface area contributed by atoms with Crippen LogP contribution in [-0.2, 0) is 27.9 Å². The SMILES string of the molecule is CN1C(=O)Cc2cc(Nc3nc(N(C)C4CCN(c5ccc6c(C7CCC(=O)NC7=O)cn(C)c6c5)CC4)ncc3Cl)ccc21. The van der Waals surface area contributed by atoms with Gasteiger partial charge in [0.15, 0.2) is 5.82 Å². The number of aryl methyl sites for hydroxylation is 1. The first-order chi connectivity index (χ1) is 21.7. The van der Waals surface area contributed by atoms with Crippen LogP contribution in [0, 0.1) is 0 Å². The average molecular weight is 627 g/mol. The van der Waals surface area contributed by atoms with Crippen molar-refractivity contribution >= 4 is 69.1 Å². The summed E-state index contributed by atoms with van der Waals surface area (Å²) in [6, 6.07) is 12.5. The summed E-state index contributed by atoms with van der Waals surface area (Å²) in [5, 5.41) is 7.28. The molecule has 0 aliphatic carbocycles. The summed E-state index contributed by atoms with van der Waals surface area (Å²) in [4.78, 5) is 51.8. The van der Waals surface area contributed by atoms with E-state index in [1.54, 1.807) is 18.1 Å². The molecule has 0 spiro atoms. The number of carbonyl (C=O) groups is 3. The van der Waals surface area contributed by atoms with E-state index >= 15 is 0 Å². The monoisotopic (exact) mass is 626 g/mol. The molecule has 232 valence electrons. The van der Waals surface area contributed by atoms with Crippen molar-refractivity contribution in [2.45, 2.75) is 44.1 Å². The number of fused-ring (bicyclic) bond motifs is 2. The zero-order valence-electron chi connectivity index (χ0n) is 25.5. The molecule has 4 aromatic rings. The standard InChI is InChI=1S/C33H35ClN8O3/c1-39-18-25(24-7-9-29(43)37-32(24)45)23-6-5-22(16-28(23)39)42-12-10-21(11-13-42)40(2)33-35-17-26(34)31(38-33)36-20-4-8-27-19(14-20)15-30(44)41(27)3/h4-6,8,14,16-18,21,24H,7,9-13,15H2,1-3H3,(H,35,36,38)(H,37,43,45). The molecule has 3 aliphatic heterocycles. The van der Waals surface area contributed by atoms with Gasteiger partial charge >= 0.3 is 0 Å². The lowest BCUT2D eigenvalue weighted by molar-refractivity contribution is -0.134. The molecule has 45 heavy (non-hydrogen) atoms. The van der Waals surface area contributed by atoms with Crippen molar-refractivity contribution in [2.75, 3.05) is 47.2 Å². The Morgan fingerprint density at radius 1 is 1.04 bits per heavy atom. The molecule has 2 saturated heterocycles. The van der Waals surface area contributed by atoms with Crippen LogP contribution in [0.25, 0.3) is 10.9 Å². The zero-order valence-corrected chi connectivity index (χ0v) is 26.3.